The van der Waals surface area contributed by atoms with Crippen LogP contribution in [0.2, 0.25) is 0 Å². The molecule has 3 aliphatic rings. The molecule has 5 atom stereocenters. The Kier molecular flexibility index (Phi) is 7.02. The highest BCUT2D eigenvalue weighted by Gasteiger charge is 2.40. The number of hydrogen-bond donors (Lipinski definition) is 4. The number of anilines is 4. The molecule has 4 aromatic rings. The molecule has 1 aliphatic heterocycles. The average molecular weight is 582 g/mol. The van der Waals surface area contributed by atoms with Gasteiger partial charge in [-0.2, -0.15) is 4.98 Å². The Morgan fingerprint density at radius 1 is 1.23 bits per heavy atom. The van der Waals surface area contributed by atoms with Crippen LogP contribution in [-0.2, 0) is 17.8 Å². The second kappa shape index (κ2) is 11.1. The van der Waals surface area contributed by atoms with Gasteiger partial charge in [0.15, 0.2) is 5.82 Å². The maximum atomic E-state index is 13.4. The van der Waals surface area contributed by atoms with Gasteiger partial charge in [0, 0.05) is 31.6 Å². The zero-order valence-electron chi connectivity index (χ0n) is 23.4. The van der Waals surface area contributed by atoms with Crippen molar-refractivity contribution in [2.24, 2.45) is 5.92 Å². The van der Waals surface area contributed by atoms with E-state index in [-0.39, 0.29) is 23.9 Å². The van der Waals surface area contributed by atoms with Gasteiger partial charge in [-0.05, 0) is 42.2 Å². The number of aliphatic hydroxyl groups is 1. The number of piperidine rings is 1. The fourth-order valence-corrected chi connectivity index (χ4v) is 6.07. The predicted octanol–water partition coefficient (Wildman–Crippen LogP) is 3.11. The lowest BCUT2D eigenvalue weighted by Gasteiger charge is -2.35. The van der Waals surface area contributed by atoms with Gasteiger partial charge in [0.1, 0.15) is 18.2 Å². The SMILES string of the molecule is C#CCn1nnc2ccc(Nc3ncc(N4CCCC(C(=O)N[C@@H]5C[C@H]5F)C4)c(N[C@H]4c5ccccc5C[C@H]4O)n3)cc21. The van der Waals surface area contributed by atoms with Gasteiger partial charge >= 0.3 is 0 Å². The molecule has 220 valence electrons. The first kappa shape index (κ1) is 27.1. The quantitative estimate of drug-likeness (QED) is 0.232. The Hall–Kier alpha value is -4.76. The Labute approximate surface area is 247 Å². The molecular weight excluding hydrogens is 549 g/mol. The van der Waals surface area contributed by atoms with Crippen molar-refractivity contribution in [2.75, 3.05) is 28.6 Å². The van der Waals surface area contributed by atoms with Crippen LogP contribution >= 0.6 is 0 Å². The van der Waals surface area contributed by atoms with Crippen LogP contribution < -0.4 is 20.9 Å². The van der Waals surface area contributed by atoms with E-state index in [2.05, 4.69) is 42.1 Å². The van der Waals surface area contributed by atoms with E-state index in [1.165, 1.54) is 0 Å². The summed E-state index contributed by atoms with van der Waals surface area (Å²) in [4.78, 5) is 24.5. The highest BCUT2D eigenvalue weighted by molar-refractivity contribution is 5.81. The second-order valence-electron chi connectivity index (χ2n) is 11.5. The van der Waals surface area contributed by atoms with Crippen LogP contribution in [0.4, 0.5) is 27.5 Å². The number of fused-ring (bicyclic) bond motifs is 2. The largest absolute Gasteiger partial charge is 0.390 e. The number of alkyl halides is 1. The van der Waals surface area contributed by atoms with Crippen molar-refractivity contribution in [1.82, 2.24) is 30.3 Å². The third-order valence-corrected chi connectivity index (χ3v) is 8.45. The molecule has 0 spiro atoms. The van der Waals surface area contributed by atoms with Crippen molar-refractivity contribution in [3.05, 3.63) is 59.8 Å². The van der Waals surface area contributed by atoms with Gasteiger partial charge in [-0.3, -0.25) is 4.79 Å². The van der Waals surface area contributed by atoms with Crippen LogP contribution in [0.25, 0.3) is 11.0 Å². The van der Waals surface area contributed by atoms with Crippen molar-refractivity contribution in [3.63, 3.8) is 0 Å². The second-order valence-corrected chi connectivity index (χ2v) is 11.5. The normalized spacial score (nSPS) is 24.3. The van der Waals surface area contributed by atoms with E-state index in [1.54, 1.807) is 10.9 Å². The number of halogens is 1. The van der Waals surface area contributed by atoms with Crippen molar-refractivity contribution in [3.8, 4) is 12.3 Å². The van der Waals surface area contributed by atoms with E-state index in [1.807, 2.05) is 42.5 Å². The molecule has 0 bridgehead atoms. The van der Waals surface area contributed by atoms with Crippen LogP contribution in [0, 0.1) is 18.3 Å². The topological polar surface area (TPSA) is 133 Å². The summed E-state index contributed by atoms with van der Waals surface area (Å²) in [6, 6.07) is 12.9. The molecule has 2 aliphatic carbocycles. The van der Waals surface area contributed by atoms with Gasteiger partial charge in [-0.15, -0.1) is 11.5 Å². The number of terminal acetylenes is 1. The van der Waals surface area contributed by atoms with Gasteiger partial charge in [0.25, 0.3) is 0 Å². The number of benzene rings is 2. The molecule has 2 aromatic heterocycles. The molecule has 11 nitrogen and oxygen atoms in total. The van der Waals surface area contributed by atoms with E-state index in [9.17, 15) is 14.3 Å². The fourth-order valence-electron chi connectivity index (χ4n) is 6.07. The van der Waals surface area contributed by atoms with E-state index in [0.29, 0.717) is 37.7 Å². The summed E-state index contributed by atoms with van der Waals surface area (Å²) in [6.07, 6.45) is 8.12. The first-order valence-corrected chi connectivity index (χ1v) is 14.6. The number of carbonyl (C=O) groups is 1. The molecule has 1 amide bonds. The van der Waals surface area contributed by atoms with Gasteiger partial charge < -0.3 is 26.0 Å². The van der Waals surface area contributed by atoms with Crippen molar-refractivity contribution < 1.29 is 14.3 Å². The number of carbonyl (C=O) groups excluding carboxylic acids is 1. The van der Waals surface area contributed by atoms with E-state index >= 15 is 0 Å². The number of rotatable bonds is 8. The highest BCUT2D eigenvalue weighted by atomic mass is 19.1. The Morgan fingerprint density at radius 2 is 2.09 bits per heavy atom. The van der Waals surface area contributed by atoms with E-state index < -0.39 is 12.3 Å². The number of nitrogens with zero attached hydrogens (tertiary/aromatic N) is 6. The minimum Gasteiger partial charge on any atom is -0.390 e. The number of nitrogens with one attached hydrogen (secondary N) is 3. The summed E-state index contributed by atoms with van der Waals surface area (Å²) in [5, 5.41) is 28.9. The monoisotopic (exact) mass is 581 g/mol. The summed E-state index contributed by atoms with van der Waals surface area (Å²) in [5.41, 5.74) is 5.09. The molecule has 2 aromatic carbocycles. The molecule has 1 unspecified atom stereocenters. The Bertz CT molecular complexity index is 1720. The first-order valence-electron chi connectivity index (χ1n) is 14.6. The molecule has 12 heteroatoms. The van der Waals surface area contributed by atoms with Crippen molar-refractivity contribution in [1.29, 1.82) is 0 Å². The number of aromatic nitrogens is 5. The lowest BCUT2D eigenvalue weighted by molar-refractivity contribution is -0.125. The average Bonchev–Trinajstić information content (AvgIpc) is 3.41. The maximum absolute atomic E-state index is 13.4. The molecule has 2 fully saturated rings. The van der Waals surface area contributed by atoms with E-state index in [4.69, 9.17) is 11.4 Å². The van der Waals surface area contributed by atoms with Crippen LogP contribution in [-0.4, -0.2) is 67.4 Å². The summed E-state index contributed by atoms with van der Waals surface area (Å²) in [6.45, 7) is 1.48. The zero-order chi connectivity index (χ0) is 29.5. The molecule has 1 saturated heterocycles. The summed E-state index contributed by atoms with van der Waals surface area (Å²) in [5.74, 6) is 3.11. The smallest absolute Gasteiger partial charge is 0.229 e. The minimum atomic E-state index is -0.941. The van der Waals surface area contributed by atoms with Gasteiger partial charge in [0.2, 0.25) is 11.9 Å². The maximum Gasteiger partial charge on any atom is 0.229 e. The minimum absolute atomic E-state index is 0.113. The lowest BCUT2D eigenvalue weighted by atomic mass is 9.96. The summed E-state index contributed by atoms with van der Waals surface area (Å²) < 4.78 is 15.1. The number of amides is 1. The molecule has 4 N–H and O–H groups in total. The molecular formula is C31H32FN9O2. The highest BCUT2D eigenvalue weighted by Crippen LogP contribution is 2.38. The zero-order valence-corrected chi connectivity index (χ0v) is 23.4. The molecule has 3 heterocycles. The first-order chi connectivity index (χ1) is 21.0. The molecule has 1 saturated carbocycles. The lowest BCUT2D eigenvalue weighted by Crippen LogP contribution is -2.44. The number of hydrogen-bond acceptors (Lipinski definition) is 9. The van der Waals surface area contributed by atoms with Crippen molar-refractivity contribution in [2.45, 2.75) is 56.6 Å². The van der Waals surface area contributed by atoms with Crippen LogP contribution in [0.15, 0.2) is 48.7 Å². The molecule has 43 heavy (non-hydrogen) atoms. The number of aliphatic hydroxyl groups excluding tert-OH is 1. The molecule has 0 radical (unpaired) electrons. The van der Waals surface area contributed by atoms with Crippen LogP contribution in [0.1, 0.15) is 36.4 Å². The molecule has 7 rings (SSSR count). The third kappa shape index (κ3) is 5.44. The van der Waals surface area contributed by atoms with Gasteiger partial charge in [-0.25, -0.2) is 14.1 Å². The predicted molar refractivity (Wildman–Crippen MR) is 161 cm³/mol. The van der Waals surface area contributed by atoms with Crippen LogP contribution in [0.3, 0.4) is 0 Å². The fraction of sp³-hybridized carbons (Fsp3) is 0.387. The third-order valence-electron chi connectivity index (χ3n) is 8.45. The summed E-state index contributed by atoms with van der Waals surface area (Å²) in [7, 11) is 0. The standard InChI is InChI=1S/C31H32FN9O2/c1-2-11-41-25-14-20(9-10-23(25)38-39-41)34-31-33-16-26(40-12-5-7-19(17-40)30(43)35-24-15-22(24)32)29(37-31)36-28-21-8-4-3-6-18(21)13-27(28)42/h1,3-4,6,8-10,14,16,19,22,24,27-28,42H,5,7,11-13,15,17H2,(H,35,43)(H2,33,34,36,37)/t19?,22-,24-,27-,28+/m1/s1. The Morgan fingerprint density at radius 3 is 2.93 bits per heavy atom. The summed E-state index contributed by atoms with van der Waals surface area (Å²) >= 11 is 0. The van der Waals surface area contributed by atoms with Crippen LogP contribution in [0.5, 0.6) is 0 Å². The van der Waals surface area contributed by atoms with Gasteiger partial charge in [0.05, 0.1) is 41.5 Å². The van der Waals surface area contributed by atoms with E-state index in [0.717, 1.165) is 52.9 Å². The van der Waals surface area contributed by atoms with Gasteiger partial charge in [-0.1, -0.05) is 35.4 Å². The Balaban J connectivity index is 1.19. The van der Waals surface area contributed by atoms with Crippen molar-refractivity contribution >= 4 is 40.1 Å².